The number of hydrogen-bond donors (Lipinski definition) is 0. The van der Waals surface area contributed by atoms with Gasteiger partial charge in [-0.3, -0.25) is 0 Å². The predicted octanol–water partition coefficient (Wildman–Crippen LogP) is 2.07. The number of nitrogens with zero attached hydrogens (tertiary/aromatic N) is 2. The molecule has 0 saturated carbocycles. The first-order valence-corrected chi connectivity index (χ1v) is 13.9. The van der Waals surface area contributed by atoms with Gasteiger partial charge in [0, 0.05) is 51.7 Å². The van der Waals surface area contributed by atoms with Gasteiger partial charge in [-0.2, -0.15) is 0 Å². The molecule has 0 spiro atoms. The number of fused-ring (bicyclic) bond motifs is 2. The molecule has 0 atom stereocenters. The van der Waals surface area contributed by atoms with Crippen LogP contribution in [-0.4, -0.2) is 59.7 Å². The van der Waals surface area contributed by atoms with Gasteiger partial charge in [-0.1, -0.05) is 54.1 Å². The lowest BCUT2D eigenvalue weighted by Gasteiger charge is -2.25. The maximum Gasteiger partial charge on any atom is 0.171 e. The van der Waals surface area contributed by atoms with Gasteiger partial charge in [-0.15, -0.1) is 0 Å². The molecular formula is C31H39IN2O3S. The molecule has 0 bridgehead atoms. The molecule has 0 fully saturated rings. The van der Waals surface area contributed by atoms with E-state index in [1.807, 2.05) is 6.92 Å². The van der Waals surface area contributed by atoms with Crippen LogP contribution < -0.4 is 24.0 Å². The van der Waals surface area contributed by atoms with Gasteiger partial charge < -0.3 is 28.5 Å². The monoisotopic (exact) mass is 646 g/mol. The number of benzene rings is 3. The molecule has 0 unspecified atom stereocenters. The Hall–Kier alpha value is -2.36. The molecule has 0 aromatic heterocycles. The molecule has 0 saturated heterocycles. The van der Waals surface area contributed by atoms with E-state index in [1.165, 1.54) is 34.4 Å². The van der Waals surface area contributed by atoms with Gasteiger partial charge in [0.05, 0.1) is 4.90 Å². The fourth-order valence-corrected chi connectivity index (χ4v) is 4.76. The number of halogens is 1. The smallest absolute Gasteiger partial charge is 0.171 e. The molecule has 2 aliphatic rings. The highest BCUT2D eigenvalue weighted by Crippen LogP contribution is 2.23. The molecule has 0 N–H and O–H groups in total. The van der Waals surface area contributed by atoms with E-state index < -0.39 is 10.1 Å². The Morgan fingerprint density at radius 3 is 1.42 bits per heavy atom. The predicted molar refractivity (Wildman–Crippen MR) is 150 cm³/mol. The fourth-order valence-electron chi connectivity index (χ4n) is 4.30. The lowest BCUT2D eigenvalue weighted by Crippen LogP contribution is -3.00. The van der Waals surface area contributed by atoms with Gasteiger partial charge in [0.1, 0.15) is 24.2 Å². The molecule has 7 heteroatoms. The second-order valence-electron chi connectivity index (χ2n) is 11.1. The Balaban J connectivity index is 0.000000199. The van der Waals surface area contributed by atoms with E-state index in [0.717, 1.165) is 18.4 Å². The van der Waals surface area contributed by atoms with Gasteiger partial charge in [-0.25, -0.2) is 17.6 Å². The summed E-state index contributed by atoms with van der Waals surface area (Å²) in [6.07, 6.45) is 6.74. The zero-order valence-corrected chi connectivity index (χ0v) is 26.4. The minimum absolute atomic E-state index is 0. The summed E-state index contributed by atoms with van der Waals surface area (Å²) in [6.45, 7) is 10.9. The molecule has 2 aliphatic heterocycles. The summed E-state index contributed by atoms with van der Waals surface area (Å²) >= 11 is 0. The van der Waals surface area contributed by atoms with Crippen molar-refractivity contribution in [3.05, 3.63) is 101 Å². The van der Waals surface area contributed by atoms with Crippen LogP contribution >= 0.6 is 0 Å². The van der Waals surface area contributed by atoms with Crippen LogP contribution in [-0.2, 0) is 23.0 Å². The highest BCUT2D eigenvalue weighted by Gasteiger charge is 2.32. The first-order chi connectivity index (χ1) is 17.2. The highest BCUT2D eigenvalue weighted by molar-refractivity contribution is 7.85. The standard InChI is InChI=1S/2C12H16N.C7H8O3S.HI/c2*1-12(2)8-10-6-4-5-7-11(10)9-13(12)3;1-6-2-4-7(5-3-6)11(8,9)10;/h2*4-7,9H,8H2,1-3H3;2-5H,1H3,(H,8,9,10);1H/q2*+1;;/p-2. The van der Waals surface area contributed by atoms with Crippen molar-refractivity contribution in [3.63, 3.8) is 0 Å². The van der Waals surface area contributed by atoms with Crippen molar-refractivity contribution >= 4 is 22.5 Å². The Bertz CT molecular complexity index is 1350. The summed E-state index contributed by atoms with van der Waals surface area (Å²) in [5.74, 6) is 0. The van der Waals surface area contributed by atoms with Crippen molar-refractivity contribution in [1.82, 2.24) is 0 Å². The summed E-state index contributed by atoms with van der Waals surface area (Å²) in [5.41, 5.74) is 7.10. The van der Waals surface area contributed by atoms with Gasteiger partial charge in [0.2, 0.25) is 0 Å². The van der Waals surface area contributed by atoms with Crippen molar-refractivity contribution in [1.29, 1.82) is 0 Å². The van der Waals surface area contributed by atoms with Crippen LogP contribution in [0, 0.1) is 6.92 Å². The molecule has 5 rings (SSSR count). The molecular weight excluding hydrogens is 607 g/mol. The average molecular weight is 647 g/mol. The molecule has 0 radical (unpaired) electrons. The average Bonchev–Trinajstić information content (AvgIpc) is 2.81. The quantitative estimate of drug-likeness (QED) is 0.231. The molecule has 0 aliphatic carbocycles. The lowest BCUT2D eigenvalue weighted by molar-refractivity contribution is -0.572. The topological polar surface area (TPSA) is 63.2 Å². The largest absolute Gasteiger partial charge is 1.00 e. The van der Waals surface area contributed by atoms with E-state index in [9.17, 15) is 13.0 Å². The minimum Gasteiger partial charge on any atom is -1.00 e. The summed E-state index contributed by atoms with van der Waals surface area (Å²) < 4.78 is 35.8. The first-order valence-electron chi connectivity index (χ1n) is 12.5. The van der Waals surface area contributed by atoms with E-state index in [0.29, 0.717) is 0 Å². The Morgan fingerprint density at radius 1 is 0.684 bits per heavy atom. The van der Waals surface area contributed by atoms with Gasteiger partial charge in [-0.05, 0) is 42.3 Å². The number of hydrogen-bond acceptors (Lipinski definition) is 3. The van der Waals surface area contributed by atoms with Crippen LogP contribution in [0.5, 0.6) is 0 Å². The molecule has 2 heterocycles. The summed E-state index contributed by atoms with van der Waals surface area (Å²) in [5, 5.41) is 0. The van der Waals surface area contributed by atoms with Crippen molar-refractivity contribution in [2.24, 2.45) is 0 Å². The number of rotatable bonds is 1. The third-order valence-corrected chi connectivity index (χ3v) is 8.09. The molecule has 5 nitrogen and oxygen atoms in total. The van der Waals surface area contributed by atoms with Crippen LogP contribution in [0.2, 0.25) is 0 Å². The third kappa shape index (κ3) is 8.32. The summed E-state index contributed by atoms with van der Waals surface area (Å²) in [6, 6.07) is 23.0. The zero-order valence-electron chi connectivity index (χ0n) is 23.4. The molecule has 38 heavy (non-hydrogen) atoms. The normalized spacial score (nSPS) is 16.4. The summed E-state index contributed by atoms with van der Waals surface area (Å²) in [4.78, 5) is -0.178. The van der Waals surface area contributed by atoms with Crippen molar-refractivity contribution < 1.29 is 46.1 Å². The second-order valence-corrected chi connectivity index (χ2v) is 12.5. The van der Waals surface area contributed by atoms with Crippen molar-refractivity contribution in [2.75, 3.05) is 14.1 Å². The molecule has 0 amide bonds. The van der Waals surface area contributed by atoms with Crippen LogP contribution in [0.25, 0.3) is 0 Å². The maximum atomic E-state index is 10.4. The van der Waals surface area contributed by atoms with Crippen LogP contribution in [0.15, 0.2) is 77.7 Å². The molecule has 3 aromatic carbocycles. The van der Waals surface area contributed by atoms with Gasteiger partial charge >= 0.3 is 0 Å². The Morgan fingerprint density at radius 2 is 1.05 bits per heavy atom. The maximum absolute atomic E-state index is 10.4. The van der Waals surface area contributed by atoms with Crippen LogP contribution in [0.3, 0.4) is 0 Å². The van der Waals surface area contributed by atoms with Gasteiger partial charge in [0.15, 0.2) is 23.5 Å². The first kappa shape index (κ1) is 31.9. The Kier molecular flexibility index (Phi) is 10.6. The van der Waals surface area contributed by atoms with E-state index in [1.54, 1.807) is 12.1 Å². The minimum atomic E-state index is -4.27. The van der Waals surface area contributed by atoms with E-state index >= 15 is 0 Å². The van der Waals surface area contributed by atoms with Crippen LogP contribution in [0.1, 0.15) is 55.5 Å². The van der Waals surface area contributed by atoms with Crippen molar-refractivity contribution in [2.45, 2.75) is 63.4 Å². The number of aryl methyl sites for hydroxylation is 1. The Labute approximate surface area is 245 Å². The number of likely N-dealkylation sites (N-methyl/N-ethyl adjacent to an activating group) is 2. The SMILES string of the molecule is C[N+]1=Cc2ccccc2CC1(C)C.C[N+]1=Cc2ccccc2CC1(C)C.Cc1ccc(S(=O)(=O)[O-])cc1.[I-]. The molecule has 3 aromatic rings. The van der Waals surface area contributed by atoms with E-state index in [-0.39, 0.29) is 39.9 Å². The summed E-state index contributed by atoms with van der Waals surface area (Å²) in [7, 11) is 0.0279. The molecule has 204 valence electrons. The van der Waals surface area contributed by atoms with Crippen LogP contribution in [0.4, 0.5) is 0 Å². The van der Waals surface area contributed by atoms with E-state index in [2.05, 4.69) is 112 Å². The second kappa shape index (κ2) is 12.7. The van der Waals surface area contributed by atoms with E-state index in [4.69, 9.17) is 0 Å². The zero-order chi connectivity index (χ0) is 27.4. The lowest BCUT2D eigenvalue weighted by atomic mass is 9.89. The van der Waals surface area contributed by atoms with Crippen molar-refractivity contribution in [3.8, 4) is 0 Å². The van der Waals surface area contributed by atoms with Gasteiger partial charge in [0.25, 0.3) is 0 Å². The highest BCUT2D eigenvalue weighted by atomic mass is 127. The fraction of sp³-hybridized carbons (Fsp3) is 0.355. The third-order valence-electron chi connectivity index (χ3n) is 7.24.